The first-order chi connectivity index (χ1) is 9.88. The van der Waals surface area contributed by atoms with Crippen molar-refractivity contribution in [2.24, 2.45) is 5.92 Å². The first-order valence-corrected chi connectivity index (χ1v) is 8.17. The van der Waals surface area contributed by atoms with Gasteiger partial charge >= 0.3 is 0 Å². The molecule has 0 radical (unpaired) electrons. The van der Waals surface area contributed by atoms with Gasteiger partial charge in [0.15, 0.2) is 0 Å². The standard InChI is InChI=1S/C16H26N4/c1-2-20(11-13-7-9-17-10-8-13)16-14-5-3-4-6-15(14)18-12-19-16/h12-13,17H,2-11H2,1H3. The highest BCUT2D eigenvalue weighted by Crippen LogP contribution is 2.28. The van der Waals surface area contributed by atoms with Gasteiger partial charge in [0, 0.05) is 24.3 Å². The molecule has 4 heteroatoms. The predicted molar refractivity (Wildman–Crippen MR) is 82.2 cm³/mol. The van der Waals surface area contributed by atoms with Crippen molar-refractivity contribution in [1.82, 2.24) is 15.3 Å². The van der Waals surface area contributed by atoms with Crippen molar-refractivity contribution in [3.8, 4) is 0 Å². The van der Waals surface area contributed by atoms with E-state index in [0.717, 1.165) is 31.8 Å². The molecule has 1 aromatic rings. The fourth-order valence-electron chi connectivity index (χ4n) is 3.52. The van der Waals surface area contributed by atoms with Gasteiger partial charge in [0.1, 0.15) is 12.1 Å². The lowest BCUT2D eigenvalue weighted by Gasteiger charge is -2.32. The third-order valence-corrected chi connectivity index (χ3v) is 4.72. The van der Waals surface area contributed by atoms with E-state index < -0.39 is 0 Å². The highest BCUT2D eigenvalue weighted by molar-refractivity contribution is 5.49. The van der Waals surface area contributed by atoms with E-state index >= 15 is 0 Å². The molecule has 1 fully saturated rings. The molecule has 1 aromatic heterocycles. The van der Waals surface area contributed by atoms with Gasteiger partial charge in [-0.05, 0) is 64.5 Å². The molecular formula is C16H26N4. The maximum Gasteiger partial charge on any atom is 0.135 e. The maximum atomic E-state index is 4.63. The average molecular weight is 274 g/mol. The molecule has 0 bridgehead atoms. The number of nitrogens with one attached hydrogen (secondary N) is 1. The molecule has 0 spiro atoms. The van der Waals surface area contributed by atoms with Crippen molar-refractivity contribution < 1.29 is 0 Å². The summed E-state index contributed by atoms with van der Waals surface area (Å²) >= 11 is 0. The van der Waals surface area contributed by atoms with Gasteiger partial charge < -0.3 is 10.2 Å². The summed E-state index contributed by atoms with van der Waals surface area (Å²) in [4.78, 5) is 11.6. The van der Waals surface area contributed by atoms with Gasteiger partial charge in [-0.15, -0.1) is 0 Å². The van der Waals surface area contributed by atoms with Crippen LogP contribution in [0.3, 0.4) is 0 Å². The summed E-state index contributed by atoms with van der Waals surface area (Å²) in [5.74, 6) is 2.03. The Morgan fingerprint density at radius 1 is 1.20 bits per heavy atom. The Morgan fingerprint density at radius 2 is 2.00 bits per heavy atom. The van der Waals surface area contributed by atoms with Gasteiger partial charge in [-0.3, -0.25) is 0 Å². The average Bonchev–Trinajstić information content (AvgIpc) is 2.53. The minimum atomic E-state index is 0.811. The van der Waals surface area contributed by atoms with Gasteiger partial charge in [0.25, 0.3) is 0 Å². The lowest BCUT2D eigenvalue weighted by atomic mass is 9.94. The van der Waals surface area contributed by atoms with Gasteiger partial charge in [-0.1, -0.05) is 0 Å². The maximum absolute atomic E-state index is 4.63. The van der Waals surface area contributed by atoms with Crippen LogP contribution in [0.1, 0.15) is 43.9 Å². The monoisotopic (exact) mass is 274 g/mol. The highest BCUT2D eigenvalue weighted by atomic mass is 15.2. The number of fused-ring (bicyclic) bond motifs is 1. The fraction of sp³-hybridized carbons (Fsp3) is 0.750. The largest absolute Gasteiger partial charge is 0.356 e. The highest BCUT2D eigenvalue weighted by Gasteiger charge is 2.22. The van der Waals surface area contributed by atoms with Crippen LogP contribution in [-0.2, 0) is 12.8 Å². The second-order valence-corrected chi connectivity index (χ2v) is 6.06. The molecule has 1 aliphatic carbocycles. The van der Waals surface area contributed by atoms with E-state index in [4.69, 9.17) is 0 Å². The summed E-state index contributed by atoms with van der Waals surface area (Å²) in [6.45, 7) is 6.79. The van der Waals surface area contributed by atoms with Crippen molar-refractivity contribution >= 4 is 5.82 Å². The van der Waals surface area contributed by atoms with E-state index in [0.29, 0.717) is 0 Å². The number of hydrogen-bond acceptors (Lipinski definition) is 4. The van der Waals surface area contributed by atoms with E-state index in [1.165, 1.54) is 55.8 Å². The van der Waals surface area contributed by atoms with E-state index in [9.17, 15) is 0 Å². The molecule has 3 rings (SSSR count). The van der Waals surface area contributed by atoms with Crippen LogP contribution >= 0.6 is 0 Å². The zero-order valence-corrected chi connectivity index (χ0v) is 12.6. The Balaban J connectivity index is 1.78. The molecule has 1 aliphatic heterocycles. The van der Waals surface area contributed by atoms with Crippen LogP contribution in [-0.4, -0.2) is 36.1 Å². The first-order valence-electron chi connectivity index (χ1n) is 8.17. The Bertz CT molecular complexity index is 440. The quantitative estimate of drug-likeness (QED) is 0.913. The molecule has 4 nitrogen and oxygen atoms in total. The topological polar surface area (TPSA) is 41.0 Å². The Morgan fingerprint density at radius 3 is 2.80 bits per heavy atom. The van der Waals surface area contributed by atoms with Crippen molar-refractivity contribution in [3.05, 3.63) is 17.6 Å². The van der Waals surface area contributed by atoms with Gasteiger partial charge in [0.2, 0.25) is 0 Å². The first kappa shape index (κ1) is 13.8. The zero-order valence-electron chi connectivity index (χ0n) is 12.6. The van der Waals surface area contributed by atoms with Crippen LogP contribution in [0.2, 0.25) is 0 Å². The molecule has 0 amide bonds. The third-order valence-electron chi connectivity index (χ3n) is 4.72. The van der Waals surface area contributed by atoms with Crippen LogP contribution < -0.4 is 10.2 Å². The predicted octanol–water partition coefficient (Wildman–Crippen LogP) is 2.18. The Hall–Kier alpha value is -1.16. The van der Waals surface area contributed by atoms with Crippen LogP contribution in [0.15, 0.2) is 6.33 Å². The lowest BCUT2D eigenvalue weighted by Crippen LogP contribution is -2.37. The van der Waals surface area contributed by atoms with Crippen molar-refractivity contribution in [3.63, 3.8) is 0 Å². The van der Waals surface area contributed by atoms with Gasteiger partial charge in [-0.25, -0.2) is 9.97 Å². The van der Waals surface area contributed by atoms with E-state index in [1.807, 2.05) is 0 Å². The van der Waals surface area contributed by atoms with Crippen molar-refractivity contribution in [1.29, 1.82) is 0 Å². The summed E-state index contributed by atoms with van der Waals surface area (Å²) in [6.07, 6.45) is 9.23. The summed E-state index contributed by atoms with van der Waals surface area (Å²) in [6, 6.07) is 0. The van der Waals surface area contributed by atoms with Crippen LogP contribution in [0.5, 0.6) is 0 Å². The summed E-state index contributed by atoms with van der Waals surface area (Å²) in [5, 5.41) is 3.45. The number of rotatable bonds is 4. The number of piperidine rings is 1. The zero-order chi connectivity index (χ0) is 13.8. The van der Waals surface area contributed by atoms with Crippen LogP contribution in [0.25, 0.3) is 0 Å². The van der Waals surface area contributed by atoms with Crippen molar-refractivity contribution in [2.75, 3.05) is 31.1 Å². The van der Waals surface area contributed by atoms with E-state index in [2.05, 4.69) is 27.1 Å². The number of aromatic nitrogens is 2. The Labute approximate surface area is 122 Å². The molecule has 20 heavy (non-hydrogen) atoms. The number of anilines is 1. The molecule has 110 valence electrons. The van der Waals surface area contributed by atoms with E-state index in [-0.39, 0.29) is 0 Å². The van der Waals surface area contributed by atoms with Gasteiger partial charge in [0.05, 0.1) is 0 Å². The molecule has 0 unspecified atom stereocenters. The molecule has 2 heterocycles. The van der Waals surface area contributed by atoms with E-state index in [1.54, 1.807) is 6.33 Å². The molecule has 0 saturated carbocycles. The summed E-state index contributed by atoms with van der Waals surface area (Å²) < 4.78 is 0. The van der Waals surface area contributed by atoms with Crippen LogP contribution in [0.4, 0.5) is 5.82 Å². The molecular weight excluding hydrogens is 248 g/mol. The molecule has 0 aromatic carbocycles. The van der Waals surface area contributed by atoms with Crippen molar-refractivity contribution in [2.45, 2.75) is 45.4 Å². The molecule has 1 saturated heterocycles. The third kappa shape index (κ3) is 2.95. The second kappa shape index (κ2) is 6.53. The summed E-state index contributed by atoms with van der Waals surface area (Å²) in [5.41, 5.74) is 2.72. The molecule has 0 atom stereocenters. The van der Waals surface area contributed by atoms with Crippen LogP contribution in [0, 0.1) is 5.92 Å². The minimum Gasteiger partial charge on any atom is -0.356 e. The number of aryl methyl sites for hydroxylation is 1. The SMILES string of the molecule is CCN(CC1CCNCC1)c1ncnc2c1CCCC2. The minimum absolute atomic E-state index is 0.811. The summed E-state index contributed by atoms with van der Waals surface area (Å²) in [7, 11) is 0. The molecule has 1 N–H and O–H groups in total. The van der Waals surface area contributed by atoms with Gasteiger partial charge in [-0.2, -0.15) is 0 Å². The number of hydrogen-bond donors (Lipinski definition) is 1. The lowest BCUT2D eigenvalue weighted by molar-refractivity contribution is 0.373. The fourth-order valence-corrected chi connectivity index (χ4v) is 3.52. The molecule has 2 aliphatic rings. The Kier molecular flexibility index (Phi) is 4.51. The second-order valence-electron chi connectivity index (χ2n) is 6.06. The smallest absolute Gasteiger partial charge is 0.135 e. The normalized spacial score (nSPS) is 19.6. The number of nitrogens with zero attached hydrogens (tertiary/aromatic N) is 3.